The lowest BCUT2D eigenvalue weighted by atomic mass is 10.00. The third-order valence-corrected chi connectivity index (χ3v) is 1.83. The lowest BCUT2D eigenvalue weighted by Gasteiger charge is -2.07. The largest absolute Gasteiger partial charge is 0.264 e. The summed E-state index contributed by atoms with van der Waals surface area (Å²) in [5.41, 5.74) is 1.18. The Morgan fingerprint density at radius 2 is 2.17 bits per heavy atom. The van der Waals surface area contributed by atoms with E-state index in [0.29, 0.717) is 5.92 Å². The van der Waals surface area contributed by atoms with E-state index < -0.39 is 0 Å². The molecule has 0 aliphatic carbocycles. The van der Waals surface area contributed by atoms with E-state index in [-0.39, 0.29) is 0 Å². The highest BCUT2D eigenvalue weighted by atomic mass is 14.7. The predicted octanol–water partition coefficient (Wildman–Crippen LogP) is 3.36. The third kappa shape index (κ3) is 3.91. The normalized spacial score (nSPS) is 14.7. The summed E-state index contributed by atoms with van der Waals surface area (Å²) in [4.78, 5) is 4.05. The molecular weight excluding hydrogens is 146 g/mol. The average molecular weight is 163 g/mol. The van der Waals surface area contributed by atoms with Crippen molar-refractivity contribution in [3.8, 4) is 0 Å². The molecule has 0 fully saturated rings. The third-order valence-electron chi connectivity index (χ3n) is 1.83. The Morgan fingerprint density at radius 3 is 2.58 bits per heavy atom. The summed E-state index contributed by atoms with van der Waals surface area (Å²) in [7, 11) is 0. The van der Waals surface area contributed by atoms with Crippen LogP contribution < -0.4 is 0 Å². The zero-order chi connectivity index (χ0) is 9.40. The number of hydrogen-bond donors (Lipinski definition) is 0. The second kappa shape index (κ2) is 6.59. The highest BCUT2D eigenvalue weighted by Gasteiger charge is 2.00. The molecule has 1 atom stereocenters. The summed E-state index contributed by atoms with van der Waals surface area (Å²) in [6.45, 7) is 11.6. The molecule has 0 amide bonds. The van der Waals surface area contributed by atoms with Crippen LogP contribution in [0.4, 0.5) is 0 Å². The molecule has 0 rings (SSSR count). The quantitative estimate of drug-likeness (QED) is 0.435. The van der Waals surface area contributed by atoms with Crippen molar-refractivity contribution < 1.29 is 0 Å². The summed E-state index contributed by atoms with van der Waals surface area (Å²) in [6.07, 6.45) is 8.14. The highest BCUT2D eigenvalue weighted by Crippen LogP contribution is 2.14. The lowest BCUT2D eigenvalue weighted by Crippen LogP contribution is -1.93. The molecule has 0 aliphatic heterocycles. The number of allylic oxidation sites excluding steroid dienone is 3. The van der Waals surface area contributed by atoms with Gasteiger partial charge in [0.25, 0.3) is 0 Å². The molecule has 12 heavy (non-hydrogen) atoms. The first-order chi connectivity index (χ1) is 5.76. The van der Waals surface area contributed by atoms with Crippen LogP contribution in [0.5, 0.6) is 0 Å². The van der Waals surface area contributed by atoms with Crippen molar-refractivity contribution in [1.29, 1.82) is 0 Å². The molecule has 0 aromatic rings. The standard InChI is InChI=1S/C11H17N/c1-5-8-12-9-11(7-3)10(4)6-2/h5,7-10H,1,3,6H2,2,4H3/b11-9+,12-8-. The van der Waals surface area contributed by atoms with Gasteiger partial charge in [-0.3, -0.25) is 4.99 Å². The number of nitrogens with zero attached hydrogens (tertiary/aromatic N) is 1. The monoisotopic (exact) mass is 163 g/mol. The molecule has 0 aromatic carbocycles. The van der Waals surface area contributed by atoms with Gasteiger partial charge in [-0.05, 0) is 17.9 Å². The fourth-order valence-corrected chi connectivity index (χ4v) is 0.807. The van der Waals surface area contributed by atoms with E-state index in [1.807, 2.05) is 12.3 Å². The van der Waals surface area contributed by atoms with Crippen LogP contribution in [-0.4, -0.2) is 6.21 Å². The maximum atomic E-state index is 4.05. The molecule has 0 radical (unpaired) electrons. The maximum absolute atomic E-state index is 4.05. The second-order valence-electron chi connectivity index (χ2n) is 2.68. The molecule has 66 valence electrons. The van der Waals surface area contributed by atoms with E-state index in [1.54, 1.807) is 12.3 Å². The van der Waals surface area contributed by atoms with E-state index in [1.165, 1.54) is 5.57 Å². The van der Waals surface area contributed by atoms with Crippen LogP contribution in [0.2, 0.25) is 0 Å². The minimum atomic E-state index is 0.532. The zero-order valence-corrected chi connectivity index (χ0v) is 7.96. The second-order valence-corrected chi connectivity index (χ2v) is 2.68. The predicted molar refractivity (Wildman–Crippen MR) is 56.4 cm³/mol. The minimum absolute atomic E-state index is 0.532. The molecule has 0 saturated carbocycles. The van der Waals surface area contributed by atoms with Gasteiger partial charge in [0.1, 0.15) is 0 Å². The first-order valence-corrected chi connectivity index (χ1v) is 4.22. The minimum Gasteiger partial charge on any atom is -0.264 e. The molecule has 0 aromatic heterocycles. The van der Waals surface area contributed by atoms with Gasteiger partial charge in [0, 0.05) is 12.4 Å². The summed E-state index contributed by atoms with van der Waals surface area (Å²) in [5.74, 6) is 0.532. The van der Waals surface area contributed by atoms with E-state index in [4.69, 9.17) is 0 Å². The van der Waals surface area contributed by atoms with Crippen LogP contribution in [0.1, 0.15) is 20.3 Å². The molecule has 0 heterocycles. The van der Waals surface area contributed by atoms with Crippen LogP contribution in [0.15, 0.2) is 42.1 Å². The van der Waals surface area contributed by atoms with E-state index in [0.717, 1.165) is 6.42 Å². The lowest BCUT2D eigenvalue weighted by molar-refractivity contribution is 0.669. The van der Waals surface area contributed by atoms with Gasteiger partial charge in [0.2, 0.25) is 0 Å². The molecule has 1 nitrogen and oxygen atoms in total. The van der Waals surface area contributed by atoms with Gasteiger partial charge in [-0.2, -0.15) is 0 Å². The Kier molecular flexibility index (Phi) is 5.98. The van der Waals surface area contributed by atoms with Crippen molar-refractivity contribution >= 4 is 6.21 Å². The van der Waals surface area contributed by atoms with Crippen molar-refractivity contribution in [1.82, 2.24) is 0 Å². The van der Waals surface area contributed by atoms with Crippen molar-refractivity contribution in [2.45, 2.75) is 20.3 Å². The van der Waals surface area contributed by atoms with Gasteiger partial charge in [-0.1, -0.05) is 39.2 Å². The Labute approximate surface area is 75.2 Å². The van der Waals surface area contributed by atoms with E-state index >= 15 is 0 Å². The smallest absolute Gasteiger partial charge is 0.0302 e. The molecule has 0 aliphatic rings. The highest BCUT2D eigenvalue weighted by molar-refractivity contribution is 5.70. The van der Waals surface area contributed by atoms with Crippen LogP contribution in [-0.2, 0) is 0 Å². The van der Waals surface area contributed by atoms with E-state index in [2.05, 4.69) is 32.0 Å². The molecule has 0 N–H and O–H groups in total. The summed E-state index contributed by atoms with van der Waals surface area (Å²) >= 11 is 0. The van der Waals surface area contributed by atoms with Gasteiger partial charge >= 0.3 is 0 Å². The fraction of sp³-hybridized carbons (Fsp3) is 0.364. The van der Waals surface area contributed by atoms with Crippen LogP contribution in [0.25, 0.3) is 0 Å². The maximum Gasteiger partial charge on any atom is 0.0302 e. The average Bonchev–Trinajstić information content (AvgIpc) is 2.11. The summed E-state index contributed by atoms with van der Waals surface area (Å²) in [5, 5.41) is 0. The molecule has 1 unspecified atom stereocenters. The zero-order valence-electron chi connectivity index (χ0n) is 7.96. The summed E-state index contributed by atoms with van der Waals surface area (Å²) < 4.78 is 0. The molecule has 0 saturated heterocycles. The van der Waals surface area contributed by atoms with Gasteiger partial charge in [0.05, 0.1) is 0 Å². The molecule has 0 bridgehead atoms. The Morgan fingerprint density at radius 1 is 1.50 bits per heavy atom. The van der Waals surface area contributed by atoms with Gasteiger partial charge in [-0.15, -0.1) is 0 Å². The van der Waals surface area contributed by atoms with Crippen molar-refractivity contribution in [3.05, 3.63) is 37.1 Å². The van der Waals surface area contributed by atoms with E-state index in [9.17, 15) is 0 Å². The topological polar surface area (TPSA) is 12.4 Å². The van der Waals surface area contributed by atoms with Gasteiger partial charge in [0.15, 0.2) is 0 Å². The van der Waals surface area contributed by atoms with Gasteiger partial charge in [-0.25, -0.2) is 0 Å². The van der Waals surface area contributed by atoms with Crippen molar-refractivity contribution in [3.63, 3.8) is 0 Å². The molecule has 0 spiro atoms. The Balaban J connectivity index is 4.31. The first-order valence-electron chi connectivity index (χ1n) is 4.22. The number of hydrogen-bond acceptors (Lipinski definition) is 1. The molecular formula is C11H17N. The number of aliphatic imine (C=N–C) groups is 1. The van der Waals surface area contributed by atoms with Crippen LogP contribution >= 0.6 is 0 Å². The number of rotatable bonds is 5. The molecule has 1 heteroatoms. The van der Waals surface area contributed by atoms with Crippen molar-refractivity contribution in [2.24, 2.45) is 10.9 Å². The Hall–Kier alpha value is -1.11. The summed E-state index contributed by atoms with van der Waals surface area (Å²) in [6, 6.07) is 0. The fourth-order valence-electron chi connectivity index (χ4n) is 0.807. The first kappa shape index (κ1) is 10.9. The van der Waals surface area contributed by atoms with Gasteiger partial charge < -0.3 is 0 Å². The SMILES string of the molecule is C=C/C=N\C=C(/C=C)C(C)CC. The van der Waals surface area contributed by atoms with Crippen molar-refractivity contribution in [2.75, 3.05) is 0 Å². The Bertz CT molecular complexity index is 199. The van der Waals surface area contributed by atoms with Crippen LogP contribution in [0.3, 0.4) is 0 Å². The van der Waals surface area contributed by atoms with Crippen LogP contribution in [0, 0.1) is 5.92 Å².